The third-order valence-electron chi connectivity index (χ3n) is 4.93. The molecule has 2 aliphatic heterocycles. The van der Waals surface area contributed by atoms with Crippen molar-refractivity contribution >= 4 is 23.2 Å². The number of hydrogen-bond acceptors (Lipinski definition) is 3. The van der Waals surface area contributed by atoms with Crippen LogP contribution in [0, 0.1) is 0 Å². The van der Waals surface area contributed by atoms with E-state index in [1.54, 1.807) is 0 Å². The smallest absolute Gasteiger partial charge is 0.0489 e. The summed E-state index contributed by atoms with van der Waals surface area (Å²) < 4.78 is 0. The Balaban J connectivity index is 1.85. The van der Waals surface area contributed by atoms with E-state index in [1.165, 1.54) is 19.4 Å². The highest BCUT2D eigenvalue weighted by Crippen LogP contribution is 2.34. The molecule has 0 aromatic heterocycles. The van der Waals surface area contributed by atoms with Crippen LogP contribution in [0.3, 0.4) is 0 Å². The maximum Gasteiger partial charge on any atom is 0.0489 e. The Bertz CT molecular complexity index is 508. The summed E-state index contributed by atoms with van der Waals surface area (Å²) >= 11 is 12.4. The normalized spacial score (nSPS) is 28.6. The summed E-state index contributed by atoms with van der Waals surface area (Å²) in [7, 11) is 0. The Morgan fingerprint density at radius 2 is 2.14 bits per heavy atom. The van der Waals surface area contributed by atoms with Crippen molar-refractivity contribution in [1.29, 1.82) is 0 Å². The molecule has 5 heteroatoms. The average molecular weight is 328 g/mol. The van der Waals surface area contributed by atoms with E-state index < -0.39 is 0 Å². The molecule has 0 amide bonds. The van der Waals surface area contributed by atoms with Crippen LogP contribution in [0.25, 0.3) is 0 Å². The van der Waals surface area contributed by atoms with Gasteiger partial charge in [-0.05, 0) is 44.0 Å². The summed E-state index contributed by atoms with van der Waals surface area (Å²) in [6, 6.07) is 7.10. The molecule has 0 saturated carbocycles. The molecule has 0 spiro atoms. The first-order valence-corrected chi connectivity index (χ1v) is 8.50. The lowest BCUT2D eigenvalue weighted by atomic mass is 9.99. The fourth-order valence-corrected chi connectivity index (χ4v) is 4.39. The topological polar surface area (TPSA) is 32.5 Å². The third kappa shape index (κ3) is 3.08. The number of nitrogens with two attached hydrogens (primary N) is 1. The number of nitrogens with zero attached hydrogens (tertiary/aromatic N) is 2. The molecule has 3 nitrogen and oxygen atoms in total. The molecule has 3 atom stereocenters. The lowest BCUT2D eigenvalue weighted by Gasteiger charge is -2.46. The molecule has 0 bridgehead atoms. The summed E-state index contributed by atoms with van der Waals surface area (Å²) in [5.74, 6) is 0. The van der Waals surface area contributed by atoms with Crippen LogP contribution in [0.1, 0.15) is 31.4 Å². The van der Waals surface area contributed by atoms with Gasteiger partial charge in [0.2, 0.25) is 0 Å². The Morgan fingerprint density at radius 1 is 1.33 bits per heavy atom. The molecule has 2 saturated heterocycles. The SMILES string of the molecule is CC1CN2CCCC2CN1C(CN)c1ccc(Cl)cc1Cl. The zero-order chi connectivity index (χ0) is 15.0. The van der Waals surface area contributed by atoms with Gasteiger partial charge in [0.1, 0.15) is 0 Å². The van der Waals surface area contributed by atoms with Crippen molar-refractivity contribution in [3.05, 3.63) is 33.8 Å². The van der Waals surface area contributed by atoms with Crippen LogP contribution in [0.15, 0.2) is 18.2 Å². The highest BCUT2D eigenvalue weighted by molar-refractivity contribution is 6.35. The second-order valence-corrected chi connectivity index (χ2v) is 7.10. The van der Waals surface area contributed by atoms with E-state index in [9.17, 15) is 0 Å². The highest BCUT2D eigenvalue weighted by Gasteiger charge is 2.37. The Labute approximate surface area is 137 Å². The summed E-state index contributed by atoms with van der Waals surface area (Å²) in [6.45, 7) is 6.34. The molecule has 2 N–H and O–H groups in total. The number of fused-ring (bicyclic) bond motifs is 1. The van der Waals surface area contributed by atoms with Gasteiger partial charge in [-0.2, -0.15) is 0 Å². The first kappa shape index (κ1) is 15.6. The summed E-state index contributed by atoms with van der Waals surface area (Å²) in [5.41, 5.74) is 7.19. The molecule has 3 unspecified atom stereocenters. The van der Waals surface area contributed by atoms with Gasteiger partial charge in [0.25, 0.3) is 0 Å². The average Bonchev–Trinajstić information content (AvgIpc) is 2.89. The number of piperazine rings is 1. The van der Waals surface area contributed by atoms with Gasteiger partial charge in [-0.1, -0.05) is 29.3 Å². The van der Waals surface area contributed by atoms with Crippen molar-refractivity contribution < 1.29 is 0 Å². The van der Waals surface area contributed by atoms with Crippen LogP contribution in [0.4, 0.5) is 0 Å². The predicted molar refractivity (Wildman–Crippen MR) is 89.0 cm³/mol. The molecule has 116 valence electrons. The highest BCUT2D eigenvalue weighted by atomic mass is 35.5. The predicted octanol–water partition coefficient (Wildman–Crippen LogP) is 3.16. The van der Waals surface area contributed by atoms with Crippen molar-refractivity contribution in [2.45, 2.75) is 37.9 Å². The van der Waals surface area contributed by atoms with Crippen LogP contribution >= 0.6 is 23.2 Å². The third-order valence-corrected chi connectivity index (χ3v) is 5.49. The van der Waals surface area contributed by atoms with Gasteiger partial charge in [-0.3, -0.25) is 9.80 Å². The van der Waals surface area contributed by atoms with E-state index in [0.717, 1.165) is 23.7 Å². The second kappa shape index (κ2) is 6.43. The zero-order valence-corrected chi connectivity index (χ0v) is 13.9. The quantitative estimate of drug-likeness (QED) is 0.925. The maximum atomic E-state index is 6.40. The van der Waals surface area contributed by atoms with Gasteiger partial charge in [-0.25, -0.2) is 0 Å². The van der Waals surface area contributed by atoms with Crippen molar-refractivity contribution in [3.63, 3.8) is 0 Å². The van der Waals surface area contributed by atoms with E-state index in [1.807, 2.05) is 18.2 Å². The van der Waals surface area contributed by atoms with Crippen molar-refractivity contribution in [3.8, 4) is 0 Å². The first-order chi connectivity index (χ1) is 10.1. The molecular formula is C16H23Cl2N3. The molecule has 1 aromatic carbocycles. The van der Waals surface area contributed by atoms with E-state index >= 15 is 0 Å². The Kier molecular flexibility index (Phi) is 4.77. The van der Waals surface area contributed by atoms with Crippen molar-refractivity contribution in [2.24, 2.45) is 5.73 Å². The van der Waals surface area contributed by atoms with Crippen LogP contribution < -0.4 is 5.73 Å². The molecule has 1 aromatic rings. The fourth-order valence-electron chi connectivity index (χ4n) is 3.86. The summed E-state index contributed by atoms with van der Waals surface area (Å²) in [6.07, 6.45) is 2.62. The number of benzene rings is 1. The van der Waals surface area contributed by atoms with Crippen LogP contribution in [0.2, 0.25) is 10.0 Å². The molecule has 2 fully saturated rings. The lowest BCUT2D eigenvalue weighted by Crippen LogP contribution is -2.56. The Hall–Kier alpha value is -0.320. The first-order valence-electron chi connectivity index (χ1n) is 7.75. The summed E-state index contributed by atoms with van der Waals surface area (Å²) in [4.78, 5) is 5.15. The maximum absolute atomic E-state index is 6.40. The second-order valence-electron chi connectivity index (χ2n) is 6.25. The number of rotatable bonds is 3. The Morgan fingerprint density at radius 3 is 2.86 bits per heavy atom. The zero-order valence-electron chi connectivity index (χ0n) is 12.4. The molecule has 0 aliphatic carbocycles. The van der Waals surface area contributed by atoms with Gasteiger partial charge < -0.3 is 5.73 Å². The number of halogens is 2. The van der Waals surface area contributed by atoms with E-state index in [-0.39, 0.29) is 6.04 Å². The van der Waals surface area contributed by atoms with Crippen LogP contribution in [-0.2, 0) is 0 Å². The van der Waals surface area contributed by atoms with Crippen LogP contribution in [-0.4, -0.2) is 48.1 Å². The van der Waals surface area contributed by atoms with Crippen molar-refractivity contribution in [2.75, 3.05) is 26.2 Å². The molecule has 2 aliphatic rings. The monoisotopic (exact) mass is 327 g/mol. The molecule has 2 heterocycles. The standard InChI is InChI=1S/C16H23Cl2N3/c1-11-9-20-6-2-3-13(20)10-21(11)16(8-19)14-5-4-12(17)7-15(14)18/h4-5,7,11,13,16H,2-3,6,8-10,19H2,1H3. The number of hydrogen-bond donors (Lipinski definition) is 1. The van der Waals surface area contributed by atoms with Crippen LogP contribution in [0.5, 0.6) is 0 Å². The molecule has 21 heavy (non-hydrogen) atoms. The largest absolute Gasteiger partial charge is 0.329 e. The van der Waals surface area contributed by atoms with E-state index in [0.29, 0.717) is 23.7 Å². The minimum Gasteiger partial charge on any atom is -0.329 e. The van der Waals surface area contributed by atoms with Gasteiger partial charge in [0, 0.05) is 47.8 Å². The van der Waals surface area contributed by atoms with Crippen molar-refractivity contribution in [1.82, 2.24) is 9.80 Å². The summed E-state index contributed by atoms with van der Waals surface area (Å²) in [5, 5.41) is 1.40. The van der Waals surface area contributed by atoms with E-state index in [4.69, 9.17) is 28.9 Å². The minimum absolute atomic E-state index is 0.174. The molecular weight excluding hydrogens is 305 g/mol. The van der Waals surface area contributed by atoms with Gasteiger partial charge >= 0.3 is 0 Å². The van der Waals surface area contributed by atoms with Gasteiger partial charge in [0.05, 0.1) is 0 Å². The molecule has 0 radical (unpaired) electrons. The minimum atomic E-state index is 0.174. The lowest BCUT2D eigenvalue weighted by molar-refractivity contribution is 0.0296. The molecule has 3 rings (SSSR count). The van der Waals surface area contributed by atoms with E-state index in [2.05, 4.69) is 16.7 Å². The fraction of sp³-hybridized carbons (Fsp3) is 0.625. The van der Waals surface area contributed by atoms with Gasteiger partial charge in [0.15, 0.2) is 0 Å². The van der Waals surface area contributed by atoms with Gasteiger partial charge in [-0.15, -0.1) is 0 Å².